The van der Waals surface area contributed by atoms with Gasteiger partial charge in [0.2, 0.25) is 12.6 Å². The number of esters is 4. The molecule has 0 aromatic carbocycles. The van der Waals surface area contributed by atoms with Crippen LogP contribution in [0.3, 0.4) is 0 Å². The fourth-order valence-corrected chi connectivity index (χ4v) is 14.1. The molecular weight excluding hydrogens is 805 g/mol. The van der Waals surface area contributed by atoms with Gasteiger partial charge in [-0.25, -0.2) is 0 Å². The Morgan fingerprint density at radius 3 is 1.56 bits per heavy atom. The molecule has 2 saturated heterocycles. The van der Waals surface area contributed by atoms with E-state index >= 15 is 0 Å². The van der Waals surface area contributed by atoms with Crippen LogP contribution in [0.25, 0.3) is 0 Å². The van der Waals surface area contributed by atoms with Crippen molar-refractivity contribution in [3.63, 3.8) is 0 Å². The molecule has 368 valence electrons. The minimum absolute atomic E-state index is 0. The Bertz CT molecular complexity index is 1560. The molecule has 0 aromatic rings. The second kappa shape index (κ2) is 19.9. The summed E-state index contributed by atoms with van der Waals surface area (Å²) in [5, 5.41) is 23.0. The van der Waals surface area contributed by atoms with Crippen LogP contribution < -0.4 is 0 Å². The highest BCUT2D eigenvalue weighted by atomic mass is 16.7. The lowest BCUT2D eigenvalue weighted by Crippen LogP contribution is -2.67. The highest BCUT2D eigenvalue weighted by Crippen LogP contribution is 2.64. The molecule has 2 heterocycles. The number of carbonyl (C=O) groups excluding carboxylic acids is 4. The summed E-state index contributed by atoms with van der Waals surface area (Å²) >= 11 is 0. The van der Waals surface area contributed by atoms with Gasteiger partial charge in [-0.1, -0.05) is 51.5 Å². The first-order valence-corrected chi connectivity index (χ1v) is 22.3. The quantitative estimate of drug-likeness (QED) is 0.133. The van der Waals surface area contributed by atoms with Crippen LogP contribution in [0.1, 0.15) is 214 Å². The Morgan fingerprint density at radius 1 is 0.571 bits per heavy atom. The Hall–Kier alpha value is -2.28. The van der Waals surface area contributed by atoms with Gasteiger partial charge in [-0.3, -0.25) is 19.2 Å². The highest BCUT2D eigenvalue weighted by Gasteiger charge is 2.67. The molecule has 10 rings (SSSR count). The number of hydrogen-bond donors (Lipinski definition) is 2. The monoisotopic (exact) mass is 897 g/mol. The highest BCUT2D eigenvalue weighted by molar-refractivity contribution is 5.83. The molecule has 12 nitrogen and oxygen atoms in total. The van der Waals surface area contributed by atoms with Gasteiger partial charge in [0.15, 0.2) is 0 Å². The van der Waals surface area contributed by atoms with Crippen molar-refractivity contribution in [1.82, 2.24) is 0 Å². The molecule has 8 atom stereocenters. The molecule has 0 spiro atoms. The van der Waals surface area contributed by atoms with Crippen molar-refractivity contribution in [3.05, 3.63) is 0 Å². The van der Waals surface area contributed by atoms with Gasteiger partial charge in [-0.2, -0.15) is 0 Å². The minimum atomic E-state index is -1.37. The summed E-state index contributed by atoms with van der Waals surface area (Å²) in [5.74, 6) is -1.17. The van der Waals surface area contributed by atoms with Crippen LogP contribution in [0.15, 0.2) is 0 Å². The molecule has 0 radical (unpaired) electrons. The summed E-state index contributed by atoms with van der Waals surface area (Å²) in [4.78, 5) is 57.6. The summed E-state index contributed by atoms with van der Waals surface area (Å²) in [6, 6.07) is 0. The topological polar surface area (TPSA) is 164 Å². The van der Waals surface area contributed by atoms with Gasteiger partial charge < -0.3 is 38.6 Å². The maximum absolute atomic E-state index is 15.0. The summed E-state index contributed by atoms with van der Waals surface area (Å²) in [6.45, 7) is 10.1. The van der Waals surface area contributed by atoms with Crippen molar-refractivity contribution in [2.24, 2.45) is 39.4 Å². The van der Waals surface area contributed by atoms with Gasteiger partial charge in [-0.05, 0) is 142 Å². The maximum atomic E-state index is 15.0. The number of ether oxygens (including phenoxy) is 6. The van der Waals surface area contributed by atoms with Gasteiger partial charge in [0.05, 0.1) is 46.1 Å². The van der Waals surface area contributed by atoms with E-state index < -0.39 is 74.6 Å². The fraction of sp³-hybridized carbons (Fsp3) is 0.922. The summed E-state index contributed by atoms with van der Waals surface area (Å²) in [6.07, 6.45) is 11.0. The summed E-state index contributed by atoms with van der Waals surface area (Å²) < 4.78 is 36.7. The van der Waals surface area contributed by atoms with E-state index in [1.165, 1.54) is 0 Å². The SMILES string of the molecule is C.C.C.C.C.C.CCC(C)(CC(C)(CC(C)(C)C(=O)OC1CCCCO1)C(=O)OC12CC3CC(O)(CC(O)(C3)C1)C2)C(=O)OC12CC3CC(C1)CC(C(=O)OC1CCCCO1)(C3)C2. The molecule has 12 heteroatoms. The third-order valence-corrected chi connectivity index (χ3v) is 15.7. The van der Waals surface area contributed by atoms with Crippen LogP contribution in [0.5, 0.6) is 0 Å². The lowest BCUT2D eigenvalue weighted by atomic mass is 9.48. The molecule has 2 N–H and O–H groups in total. The van der Waals surface area contributed by atoms with E-state index in [-0.39, 0.29) is 100 Å². The van der Waals surface area contributed by atoms with Crippen molar-refractivity contribution < 1.29 is 57.8 Å². The van der Waals surface area contributed by atoms with E-state index in [9.17, 15) is 29.4 Å². The van der Waals surface area contributed by atoms with Crippen LogP contribution in [-0.2, 0) is 47.6 Å². The largest absolute Gasteiger partial charge is 0.459 e. The number of carbonyl (C=O) groups is 4. The molecule has 8 bridgehead atoms. The smallest absolute Gasteiger partial charge is 0.314 e. The lowest BCUT2D eigenvalue weighted by molar-refractivity contribution is -0.265. The molecule has 0 amide bonds. The Morgan fingerprint density at radius 2 is 1.06 bits per heavy atom. The van der Waals surface area contributed by atoms with Crippen molar-refractivity contribution in [2.45, 2.75) is 249 Å². The Labute approximate surface area is 382 Å². The van der Waals surface area contributed by atoms with E-state index in [0.29, 0.717) is 71.0 Å². The van der Waals surface area contributed by atoms with Gasteiger partial charge in [0.1, 0.15) is 11.2 Å². The Kier molecular flexibility index (Phi) is 18.0. The van der Waals surface area contributed by atoms with E-state index in [1.807, 2.05) is 13.8 Å². The maximum Gasteiger partial charge on any atom is 0.314 e. The standard InChI is InChI=1S/C45H68O12.6CH4/c1-6-39(4,35(47)56-44-20-29-15-30(21-44)17-41(16-29,25-44)37(49)55-33-12-8-10-14-53-33)24-40(5,23-38(2,3)34(46)54-32-11-7-9-13-52-32)36(48)57-45-22-31-18-42(50,27-45)26-43(51,19-31)28-45;;;;;;/h29-33,50-51H,6-28H2,1-5H3;6*1H4. The number of aliphatic hydroxyl groups is 2. The molecule has 63 heavy (non-hydrogen) atoms. The van der Waals surface area contributed by atoms with Crippen LogP contribution in [0, 0.1) is 39.4 Å². The first kappa shape index (κ1) is 56.8. The van der Waals surface area contributed by atoms with E-state index in [1.54, 1.807) is 20.8 Å². The zero-order valence-corrected chi connectivity index (χ0v) is 35.1. The number of hydrogen-bond acceptors (Lipinski definition) is 12. The van der Waals surface area contributed by atoms with Crippen LogP contribution in [-0.4, -0.2) is 82.3 Å². The molecule has 10 fully saturated rings. The third kappa shape index (κ3) is 11.1. The van der Waals surface area contributed by atoms with E-state index in [2.05, 4.69) is 0 Å². The van der Waals surface area contributed by atoms with Gasteiger partial charge >= 0.3 is 23.9 Å². The fourth-order valence-electron chi connectivity index (χ4n) is 14.1. The third-order valence-electron chi connectivity index (χ3n) is 15.7. The minimum Gasteiger partial charge on any atom is -0.459 e. The normalized spacial score (nSPS) is 38.7. The van der Waals surface area contributed by atoms with Gasteiger partial charge in [-0.15, -0.1) is 0 Å². The molecule has 8 unspecified atom stereocenters. The van der Waals surface area contributed by atoms with Gasteiger partial charge in [0, 0.05) is 38.5 Å². The van der Waals surface area contributed by atoms with Crippen LogP contribution >= 0.6 is 0 Å². The zero-order chi connectivity index (χ0) is 40.7. The predicted molar refractivity (Wildman–Crippen MR) is 245 cm³/mol. The summed E-state index contributed by atoms with van der Waals surface area (Å²) in [7, 11) is 0. The van der Waals surface area contributed by atoms with E-state index in [4.69, 9.17) is 28.4 Å². The Balaban J connectivity index is 0.00000228. The average molecular weight is 897 g/mol. The summed E-state index contributed by atoms with van der Waals surface area (Å²) in [5.41, 5.74) is -8.50. The lowest BCUT2D eigenvalue weighted by Gasteiger charge is -2.62. The first-order valence-electron chi connectivity index (χ1n) is 22.3. The predicted octanol–water partition coefficient (Wildman–Crippen LogP) is 10.8. The molecule has 8 saturated carbocycles. The average Bonchev–Trinajstić information content (AvgIpc) is 3.09. The van der Waals surface area contributed by atoms with Gasteiger partial charge in [0.25, 0.3) is 0 Å². The molecule has 8 aliphatic carbocycles. The second-order valence-corrected chi connectivity index (χ2v) is 22.0. The number of rotatable bonds is 13. The second-order valence-electron chi connectivity index (χ2n) is 22.0. The molecule has 0 aromatic heterocycles. The van der Waals surface area contributed by atoms with Crippen molar-refractivity contribution in [2.75, 3.05) is 13.2 Å². The molecular formula is C51H92O12. The first-order chi connectivity index (χ1) is 26.7. The van der Waals surface area contributed by atoms with Crippen molar-refractivity contribution in [3.8, 4) is 0 Å². The molecule has 10 aliphatic rings. The van der Waals surface area contributed by atoms with Crippen molar-refractivity contribution in [1.29, 1.82) is 0 Å². The van der Waals surface area contributed by atoms with Crippen molar-refractivity contribution >= 4 is 23.9 Å². The van der Waals surface area contributed by atoms with E-state index in [0.717, 1.165) is 44.9 Å². The molecule has 2 aliphatic heterocycles. The van der Waals surface area contributed by atoms with Crippen LogP contribution in [0.4, 0.5) is 0 Å². The van der Waals surface area contributed by atoms with Crippen LogP contribution in [0.2, 0.25) is 0 Å². The zero-order valence-electron chi connectivity index (χ0n) is 35.1.